The van der Waals surface area contributed by atoms with Gasteiger partial charge < -0.3 is 4.74 Å². The number of amides is 3. The molecular weight excluding hydrogens is 422 g/mol. The van der Waals surface area contributed by atoms with Gasteiger partial charge in [-0.3, -0.25) is 19.3 Å². The van der Waals surface area contributed by atoms with Gasteiger partial charge in [0.15, 0.2) is 6.61 Å². The highest BCUT2D eigenvalue weighted by Gasteiger charge is 2.43. The van der Waals surface area contributed by atoms with E-state index < -0.39 is 36.3 Å². The van der Waals surface area contributed by atoms with E-state index in [0.29, 0.717) is 13.0 Å². The van der Waals surface area contributed by atoms with Crippen LogP contribution in [-0.4, -0.2) is 58.5 Å². The lowest BCUT2D eigenvalue weighted by Gasteiger charge is -2.26. The Bertz CT molecular complexity index is 1090. The molecule has 2 heterocycles. The molecule has 33 heavy (non-hydrogen) atoms. The fourth-order valence-electron chi connectivity index (χ4n) is 4.02. The summed E-state index contributed by atoms with van der Waals surface area (Å²) in [6, 6.07) is 14.9. The zero-order chi connectivity index (χ0) is 23.5. The van der Waals surface area contributed by atoms with Gasteiger partial charge >= 0.3 is 5.97 Å². The number of hydrogen-bond acceptors (Lipinski definition) is 6. The summed E-state index contributed by atoms with van der Waals surface area (Å²) in [6.07, 6.45) is 0.841. The lowest BCUT2D eigenvalue weighted by molar-refractivity contribution is -0.155. The van der Waals surface area contributed by atoms with Crippen molar-refractivity contribution in [1.29, 1.82) is 0 Å². The summed E-state index contributed by atoms with van der Waals surface area (Å²) in [5.74, 6) is -2.28. The molecule has 0 radical (unpaired) electrons. The van der Waals surface area contributed by atoms with Crippen LogP contribution >= 0.6 is 0 Å². The second kappa shape index (κ2) is 9.36. The molecule has 1 atom stereocenters. The predicted molar refractivity (Wildman–Crippen MR) is 120 cm³/mol. The first kappa shape index (κ1) is 22.4. The predicted octanol–water partition coefficient (Wildman–Crippen LogP) is 2.88. The Morgan fingerprint density at radius 3 is 2.18 bits per heavy atom. The minimum Gasteiger partial charge on any atom is -0.454 e. The van der Waals surface area contributed by atoms with Gasteiger partial charge in [0.2, 0.25) is 0 Å². The van der Waals surface area contributed by atoms with E-state index in [1.165, 1.54) is 5.01 Å². The van der Waals surface area contributed by atoms with E-state index in [1.807, 2.05) is 44.2 Å². The maximum atomic E-state index is 12.9. The number of hydrogen-bond donors (Lipinski definition) is 0. The minimum atomic E-state index is -1.10. The number of benzene rings is 2. The molecule has 0 unspecified atom stereocenters. The Kier molecular flexibility index (Phi) is 6.35. The first-order valence-electron chi connectivity index (χ1n) is 10.9. The lowest BCUT2D eigenvalue weighted by atomic mass is 10.0. The molecule has 0 aromatic heterocycles. The number of esters is 1. The smallest absolute Gasteiger partial charge is 0.329 e. The number of nitrogens with zero attached hydrogens (tertiary/aromatic N) is 3. The van der Waals surface area contributed by atoms with E-state index in [0.717, 1.165) is 16.2 Å². The Labute approximate surface area is 191 Å². The summed E-state index contributed by atoms with van der Waals surface area (Å²) in [7, 11) is 0. The van der Waals surface area contributed by atoms with Crippen LogP contribution in [0.5, 0.6) is 0 Å². The lowest BCUT2D eigenvalue weighted by Crippen LogP contribution is -2.47. The van der Waals surface area contributed by atoms with Crippen LogP contribution in [0.25, 0.3) is 0 Å². The number of carbonyl (C=O) groups is 4. The van der Waals surface area contributed by atoms with Crippen molar-refractivity contribution in [3.8, 4) is 0 Å². The minimum absolute atomic E-state index is 0.0131. The third-order valence-corrected chi connectivity index (χ3v) is 5.64. The molecule has 0 aliphatic carbocycles. The quantitative estimate of drug-likeness (QED) is 0.480. The molecule has 2 aliphatic heterocycles. The molecule has 8 nitrogen and oxygen atoms in total. The van der Waals surface area contributed by atoms with E-state index >= 15 is 0 Å². The molecular formula is C25H25N3O5. The maximum absolute atomic E-state index is 12.9. The number of imide groups is 1. The van der Waals surface area contributed by atoms with Crippen molar-refractivity contribution >= 4 is 29.4 Å². The van der Waals surface area contributed by atoms with Crippen molar-refractivity contribution in [3.63, 3.8) is 0 Å². The van der Waals surface area contributed by atoms with Crippen LogP contribution < -0.4 is 0 Å². The van der Waals surface area contributed by atoms with Crippen molar-refractivity contribution in [3.05, 3.63) is 71.3 Å². The molecule has 2 aliphatic rings. The molecule has 4 rings (SSSR count). The fourth-order valence-corrected chi connectivity index (χ4v) is 4.02. The largest absolute Gasteiger partial charge is 0.454 e. The molecule has 0 fully saturated rings. The highest BCUT2D eigenvalue weighted by molar-refractivity contribution is 6.22. The van der Waals surface area contributed by atoms with Gasteiger partial charge in [-0.25, -0.2) is 9.80 Å². The van der Waals surface area contributed by atoms with Gasteiger partial charge in [-0.2, -0.15) is 5.10 Å². The van der Waals surface area contributed by atoms with Crippen LogP contribution in [0.3, 0.4) is 0 Å². The normalized spacial score (nSPS) is 16.2. The molecule has 0 saturated heterocycles. The zero-order valence-electron chi connectivity index (χ0n) is 18.6. The van der Waals surface area contributed by atoms with Crippen LogP contribution in [0, 0.1) is 5.92 Å². The van der Waals surface area contributed by atoms with Crippen LogP contribution in [0.1, 0.15) is 53.0 Å². The van der Waals surface area contributed by atoms with E-state index in [9.17, 15) is 19.2 Å². The standard InChI is InChI=1S/C25H25N3O5/c1-16(2)14-21(28-23(30)18-10-6-7-11-19(18)24(28)31)25(32)33-15-22(29)27-13-12-20(26-27)17-8-4-3-5-9-17/h3-11,16,21H,12-15H2,1-2H3/t21-/m0/s1. The summed E-state index contributed by atoms with van der Waals surface area (Å²) in [4.78, 5) is 52.2. The van der Waals surface area contributed by atoms with Crippen molar-refractivity contribution in [2.45, 2.75) is 32.7 Å². The second-order valence-corrected chi connectivity index (χ2v) is 8.46. The van der Waals surface area contributed by atoms with Crippen LogP contribution in [0.4, 0.5) is 0 Å². The summed E-state index contributed by atoms with van der Waals surface area (Å²) in [5.41, 5.74) is 2.26. The third-order valence-electron chi connectivity index (χ3n) is 5.64. The SMILES string of the molecule is CC(C)C[C@@H](C(=O)OCC(=O)N1CCC(c2ccccc2)=N1)N1C(=O)c2ccccc2C1=O. The topological polar surface area (TPSA) is 96.3 Å². The highest BCUT2D eigenvalue weighted by Crippen LogP contribution is 2.27. The number of carbonyl (C=O) groups excluding carboxylic acids is 4. The molecule has 3 amide bonds. The molecule has 0 bridgehead atoms. The average Bonchev–Trinajstić information content (AvgIpc) is 3.41. The van der Waals surface area contributed by atoms with Crippen LogP contribution in [-0.2, 0) is 14.3 Å². The van der Waals surface area contributed by atoms with Gasteiger partial charge in [0, 0.05) is 6.42 Å². The van der Waals surface area contributed by atoms with Gasteiger partial charge in [0.25, 0.3) is 17.7 Å². The molecule has 2 aromatic rings. The number of ether oxygens (including phenoxy) is 1. The van der Waals surface area contributed by atoms with Gasteiger partial charge in [-0.15, -0.1) is 0 Å². The first-order chi connectivity index (χ1) is 15.9. The molecule has 0 saturated carbocycles. The van der Waals surface area contributed by atoms with Crippen molar-refractivity contribution in [2.24, 2.45) is 11.0 Å². The molecule has 0 N–H and O–H groups in total. The number of rotatable bonds is 7. The number of hydrazone groups is 1. The first-order valence-corrected chi connectivity index (χ1v) is 10.9. The van der Waals surface area contributed by atoms with E-state index in [2.05, 4.69) is 5.10 Å². The summed E-state index contributed by atoms with van der Waals surface area (Å²) in [6.45, 7) is 3.65. The van der Waals surface area contributed by atoms with Crippen LogP contribution in [0.2, 0.25) is 0 Å². The van der Waals surface area contributed by atoms with Gasteiger partial charge in [0.1, 0.15) is 6.04 Å². The van der Waals surface area contributed by atoms with E-state index in [4.69, 9.17) is 4.74 Å². The molecule has 8 heteroatoms. The average molecular weight is 447 g/mol. The van der Waals surface area contributed by atoms with Crippen LogP contribution in [0.15, 0.2) is 59.7 Å². The monoisotopic (exact) mass is 447 g/mol. The Morgan fingerprint density at radius 1 is 0.970 bits per heavy atom. The molecule has 0 spiro atoms. The Balaban J connectivity index is 1.43. The van der Waals surface area contributed by atoms with Crippen molar-refractivity contribution in [2.75, 3.05) is 13.2 Å². The van der Waals surface area contributed by atoms with Crippen molar-refractivity contribution < 1.29 is 23.9 Å². The Morgan fingerprint density at radius 2 is 1.58 bits per heavy atom. The van der Waals surface area contributed by atoms with Crippen molar-refractivity contribution in [1.82, 2.24) is 9.91 Å². The van der Waals surface area contributed by atoms with Gasteiger partial charge in [-0.05, 0) is 30.0 Å². The molecule has 2 aromatic carbocycles. The molecule has 170 valence electrons. The summed E-state index contributed by atoms with van der Waals surface area (Å²) < 4.78 is 5.28. The van der Waals surface area contributed by atoms with E-state index in [-0.39, 0.29) is 23.5 Å². The van der Waals surface area contributed by atoms with Gasteiger partial charge in [0.05, 0.1) is 23.4 Å². The number of fused-ring (bicyclic) bond motifs is 1. The zero-order valence-corrected chi connectivity index (χ0v) is 18.6. The maximum Gasteiger partial charge on any atom is 0.329 e. The van der Waals surface area contributed by atoms with E-state index in [1.54, 1.807) is 24.3 Å². The van der Waals surface area contributed by atoms with Gasteiger partial charge in [-0.1, -0.05) is 56.3 Å². The Hall–Kier alpha value is -3.81. The second-order valence-electron chi connectivity index (χ2n) is 8.46. The summed E-state index contributed by atoms with van der Waals surface area (Å²) in [5, 5.41) is 5.64. The third kappa shape index (κ3) is 4.55. The fraction of sp³-hybridized carbons (Fsp3) is 0.320. The highest BCUT2D eigenvalue weighted by atomic mass is 16.5. The summed E-state index contributed by atoms with van der Waals surface area (Å²) >= 11 is 0.